The number of rotatable bonds is 6. The van der Waals surface area contributed by atoms with Crippen molar-refractivity contribution in [1.29, 1.82) is 0 Å². The first-order chi connectivity index (χ1) is 13.0. The van der Waals surface area contributed by atoms with Crippen LogP contribution in [0.1, 0.15) is 46.4 Å². The van der Waals surface area contributed by atoms with Gasteiger partial charge in [-0.25, -0.2) is 4.99 Å². The summed E-state index contributed by atoms with van der Waals surface area (Å²) in [5.74, 6) is 2.44. The SMILES string of the molecule is CCNC(=NCc1nnc2ccccn12)NCC(C)(C)N1CCCC(C)C1.I. The second-order valence-corrected chi connectivity index (χ2v) is 8.10. The highest BCUT2D eigenvalue weighted by molar-refractivity contribution is 14.0. The molecular weight excluding hydrogens is 465 g/mol. The van der Waals surface area contributed by atoms with Crippen LogP contribution in [-0.4, -0.2) is 57.2 Å². The van der Waals surface area contributed by atoms with Gasteiger partial charge in [0.1, 0.15) is 6.54 Å². The summed E-state index contributed by atoms with van der Waals surface area (Å²) in [5.41, 5.74) is 0.938. The first-order valence-electron chi connectivity index (χ1n) is 10.1. The Morgan fingerprint density at radius 2 is 2.11 bits per heavy atom. The van der Waals surface area contributed by atoms with Crippen molar-refractivity contribution in [3.63, 3.8) is 0 Å². The summed E-state index contributed by atoms with van der Waals surface area (Å²) in [6.07, 6.45) is 4.61. The van der Waals surface area contributed by atoms with Gasteiger partial charge in [0.15, 0.2) is 17.4 Å². The lowest BCUT2D eigenvalue weighted by Crippen LogP contribution is -2.56. The van der Waals surface area contributed by atoms with Crippen molar-refractivity contribution in [2.45, 2.75) is 52.6 Å². The van der Waals surface area contributed by atoms with Gasteiger partial charge in [0.25, 0.3) is 0 Å². The lowest BCUT2D eigenvalue weighted by molar-refractivity contribution is 0.0739. The molecule has 0 saturated carbocycles. The number of likely N-dealkylation sites (tertiary alicyclic amines) is 1. The Morgan fingerprint density at radius 1 is 1.29 bits per heavy atom. The molecular formula is C20H34IN7. The maximum absolute atomic E-state index is 4.72. The van der Waals surface area contributed by atoms with E-state index >= 15 is 0 Å². The number of halogens is 1. The van der Waals surface area contributed by atoms with E-state index in [-0.39, 0.29) is 29.5 Å². The molecule has 1 saturated heterocycles. The average molecular weight is 499 g/mol. The van der Waals surface area contributed by atoms with Crippen LogP contribution in [0.5, 0.6) is 0 Å². The zero-order valence-electron chi connectivity index (χ0n) is 17.5. The van der Waals surface area contributed by atoms with Crippen molar-refractivity contribution in [1.82, 2.24) is 30.1 Å². The summed E-state index contributed by atoms with van der Waals surface area (Å²) in [5, 5.41) is 15.3. The molecule has 1 fully saturated rings. The van der Waals surface area contributed by atoms with E-state index < -0.39 is 0 Å². The molecule has 3 heterocycles. The molecule has 156 valence electrons. The Morgan fingerprint density at radius 3 is 2.86 bits per heavy atom. The summed E-state index contributed by atoms with van der Waals surface area (Å²) in [7, 11) is 0. The van der Waals surface area contributed by atoms with E-state index in [0.29, 0.717) is 6.54 Å². The minimum atomic E-state index is 0. The van der Waals surface area contributed by atoms with E-state index in [4.69, 9.17) is 4.99 Å². The Bertz CT molecular complexity index is 771. The molecule has 0 amide bonds. The lowest BCUT2D eigenvalue weighted by Gasteiger charge is -2.43. The smallest absolute Gasteiger partial charge is 0.191 e. The topological polar surface area (TPSA) is 69.8 Å². The van der Waals surface area contributed by atoms with Crippen LogP contribution in [-0.2, 0) is 6.54 Å². The van der Waals surface area contributed by atoms with Crippen molar-refractivity contribution >= 4 is 35.6 Å². The van der Waals surface area contributed by atoms with Gasteiger partial charge in [-0.1, -0.05) is 13.0 Å². The maximum Gasteiger partial charge on any atom is 0.191 e. The van der Waals surface area contributed by atoms with E-state index in [1.807, 2.05) is 28.8 Å². The normalized spacial score (nSPS) is 18.7. The Hall–Kier alpha value is -1.42. The van der Waals surface area contributed by atoms with E-state index in [0.717, 1.165) is 36.4 Å². The van der Waals surface area contributed by atoms with Gasteiger partial charge < -0.3 is 10.6 Å². The summed E-state index contributed by atoms with van der Waals surface area (Å²) >= 11 is 0. The molecule has 8 heteroatoms. The summed E-state index contributed by atoms with van der Waals surface area (Å²) < 4.78 is 1.98. The van der Waals surface area contributed by atoms with Crippen molar-refractivity contribution in [2.24, 2.45) is 10.9 Å². The Labute approximate surface area is 185 Å². The molecule has 0 aliphatic carbocycles. The predicted molar refractivity (Wildman–Crippen MR) is 125 cm³/mol. The molecule has 28 heavy (non-hydrogen) atoms. The minimum absolute atomic E-state index is 0. The highest BCUT2D eigenvalue weighted by Crippen LogP contribution is 2.23. The summed E-state index contributed by atoms with van der Waals surface area (Å²) in [6, 6.07) is 5.90. The molecule has 7 nitrogen and oxygen atoms in total. The van der Waals surface area contributed by atoms with Gasteiger partial charge in [-0.3, -0.25) is 9.30 Å². The summed E-state index contributed by atoms with van der Waals surface area (Å²) in [4.78, 5) is 7.32. The van der Waals surface area contributed by atoms with Crippen LogP contribution in [0.4, 0.5) is 0 Å². The van der Waals surface area contributed by atoms with Crippen molar-refractivity contribution in [3.8, 4) is 0 Å². The van der Waals surface area contributed by atoms with Crippen LogP contribution in [0.15, 0.2) is 29.4 Å². The number of guanidine groups is 1. The highest BCUT2D eigenvalue weighted by atomic mass is 127. The second kappa shape index (κ2) is 10.4. The molecule has 2 aromatic rings. The van der Waals surface area contributed by atoms with E-state index in [1.165, 1.54) is 25.9 Å². The van der Waals surface area contributed by atoms with Gasteiger partial charge in [-0.15, -0.1) is 34.2 Å². The number of piperidine rings is 1. The third kappa shape index (κ3) is 5.79. The van der Waals surface area contributed by atoms with Crippen LogP contribution in [0.2, 0.25) is 0 Å². The zero-order valence-corrected chi connectivity index (χ0v) is 19.8. The molecule has 1 aliphatic rings. The number of fused-ring (bicyclic) bond motifs is 1. The number of pyridine rings is 1. The quantitative estimate of drug-likeness (QED) is 0.364. The fourth-order valence-electron chi connectivity index (χ4n) is 3.64. The number of nitrogens with one attached hydrogen (secondary N) is 2. The molecule has 0 radical (unpaired) electrons. The molecule has 1 aliphatic heterocycles. The van der Waals surface area contributed by atoms with Gasteiger partial charge in [0.2, 0.25) is 0 Å². The standard InChI is InChI=1S/C20H33N7.HI/c1-5-21-19(22-13-18-25-24-17-10-6-7-12-27(17)18)23-15-20(3,4)26-11-8-9-16(2)14-26;/h6-7,10,12,16H,5,8-9,11,13-15H2,1-4H3,(H2,21,22,23);1H. The lowest BCUT2D eigenvalue weighted by atomic mass is 9.93. The largest absolute Gasteiger partial charge is 0.357 e. The highest BCUT2D eigenvalue weighted by Gasteiger charge is 2.30. The molecule has 0 aromatic carbocycles. The maximum atomic E-state index is 4.72. The van der Waals surface area contributed by atoms with Gasteiger partial charge in [0, 0.05) is 31.4 Å². The number of hydrogen-bond donors (Lipinski definition) is 2. The first kappa shape index (κ1) is 22.9. The van der Waals surface area contributed by atoms with Crippen molar-refractivity contribution in [2.75, 3.05) is 26.2 Å². The number of hydrogen-bond acceptors (Lipinski definition) is 4. The average Bonchev–Trinajstić information content (AvgIpc) is 3.07. The van der Waals surface area contributed by atoms with Crippen LogP contribution in [0, 0.1) is 5.92 Å². The van der Waals surface area contributed by atoms with Crippen LogP contribution >= 0.6 is 24.0 Å². The van der Waals surface area contributed by atoms with E-state index in [2.05, 4.69) is 53.4 Å². The van der Waals surface area contributed by atoms with Crippen LogP contribution in [0.3, 0.4) is 0 Å². The molecule has 0 spiro atoms. The Kier molecular flexibility index (Phi) is 8.48. The number of aliphatic imine (C=N–C) groups is 1. The van der Waals surface area contributed by atoms with Gasteiger partial charge in [-0.2, -0.15) is 0 Å². The first-order valence-corrected chi connectivity index (χ1v) is 10.1. The summed E-state index contributed by atoms with van der Waals surface area (Å²) in [6.45, 7) is 13.6. The van der Waals surface area contributed by atoms with Gasteiger partial charge in [0.05, 0.1) is 0 Å². The van der Waals surface area contributed by atoms with Crippen LogP contribution < -0.4 is 10.6 Å². The van der Waals surface area contributed by atoms with Crippen molar-refractivity contribution in [3.05, 3.63) is 30.2 Å². The van der Waals surface area contributed by atoms with Crippen molar-refractivity contribution < 1.29 is 0 Å². The molecule has 0 bridgehead atoms. The predicted octanol–water partition coefficient (Wildman–Crippen LogP) is 2.91. The second-order valence-electron chi connectivity index (χ2n) is 8.10. The molecule has 2 N–H and O–H groups in total. The molecule has 1 atom stereocenters. The van der Waals surface area contributed by atoms with Gasteiger partial charge in [-0.05, 0) is 58.2 Å². The van der Waals surface area contributed by atoms with Crippen LogP contribution in [0.25, 0.3) is 5.65 Å². The third-order valence-electron chi connectivity index (χ3n) is 5.31. The fraction of sp³-hybridized carbons (Fsp3) is 0.650. The monoisotopic (exact) mass is 499 g/mol. The zero-order chi connectivity index (χ0) is 19.3. The minimum Gasteiger partial charge on any atom is -0.357 e. The fourth-order valence-corrected chi connectivity index (χ4v) is 3.64. The molecule has 3 rings (SSSR count). The molecule has 1 unspecified atom stereocenters. The third-order valence-corrected chi connectivity index (χ3v) is 5.31. The molecule has 2 aromatic heterocycles. The number of nitrogens with zero attached hydrogens (tertiary/aromatic N) is 5. The van der Waals surface area contributed by atoms with Gasteiger partial charge >= 0.3 is 0 Å². The number of aromatic nitrogens is 3. The van der Waals surface area contributed by atoms with E-state index in [1.54, 1.807) is 0 Å². The van der Waals surface area contributed by atoms with E-state index in [9.17, 15) is 0 Å². The Balaban J connectivity index is 0.00000280.